The minimum atomic E-state index is -0.251. The van der Waals surface area contributed by atoms with Crippen LogP contribution in [0, 0.1) is 0 Å². The number of rotatable bonds is 5. The van der Waals surface area contributed by atoms with Crippen LogP contribution in [0.3, 0.4) is 0 Å². The molecule has 2 aromatic carbocycles. The van der Waals surface area contributed by atoms with E-state index >= 15 is 0 Å². The molecule has 1 heterocycles. The summed E-state index contributed by atoms with van der Waals surface area (Å²) in [4.78, 5) is 25.4. The van der Waals surface area contributed by atoms with Crippen LogP contribution < -0.4 is 15.4 Å². The third kappa shape index (κ3) is 4.67. The van der Waals surface area contributed by atoms with E-state index in [0.29, 0.717) is 27.0 Å². The van der Waals surface area contributed by atoms with Crippen molar-refractivity contribution in [1.82, 2.24) is 0 Å². The molecular weight excluding hydrogens is 384 g/mol. The summed E-state index contributed by atoms with van der Waals surface area (Å²) in [6.07, 6.45) is 0. The quantitative estimate of drug-likeness (QED) is 0.611. The first-order chi connectivity index (χ1) is 13.0. The van der Waals surface area contributed by atoms with Crippen LogP contribution in [0.2, 0.25) is 5.02 Å². The van der Waals surface area contributed by atoms with E-state index in [-0.39, 0.29) is 11.8 Å². The number of carbonyl (C=O) groups is 2. The van der Waals surface area contributed by atoms with E-state index in [1.165, 1.54) is 25.4 Å². The monoisotopic (exact) mass is 400 g/mol. The predicted octanol–water partition coefficient (Wildman–Crippen LogP) is 5.29. The molecule has 0 aliphatic heterocycles. The highest BCUT2D eigenvalue weighted by molar-refractivity contribution is 7.17. The van der Waals surface area contributed by atoms with E-state index in [1.807, 2.05) is 30.3 Å². The fraction of sp³-hybridized carbons (Fsp3) is 0.100. The normalized spacial score (nSPS) is 10.3. The van der Waals surface area contributed by atoms with E-state index in [2.05, 4.69) is 10.6 Å². The number of ether oxygens (including phenoxy) is 1. The molecule has 3 aromatic rings. The highest BCUT2D eigenvalue weighted by Gasteiger charge is 2.14. The Balaban J connectivity index is 1.81. The van der Waals surface area contributed by atoms with Gasteiger partial charge >= 0.3 is 0 Å². The van der Waals surface area contributed by atoms with Crippen molar-refractivity contribution in [3.8, 4) is 16.2 Å². The van der Waals surface area contributed by atoms with Gasteiger partial charge in [0.25, 0.3) is 5.91 Å². The van der Waals surface area contributed by atoms with Crippen LogP contribution in [0.15, 0.2) is 54.6 Å². The van der Waals surface area contributed by atoms with Crippen LogP contribution in [-0.4, -0.2) is 18.9 Å². The first-order valence-electron chi connectivity index (χ1n) is 8.09. The number of halogens is 1. The van der Waals surface area contributed by atoms with Gasteiger partial charge in [0.15, 0.2) is 0 Å². The van der Waals surface area contributed by atoms with Crippen molar-refractivity contribution in [2.45, 2.75) is 6.92 Å². The Morgan fingerprint density at radius 2 is 1.74 bits per heavy atom. The number of carbonyl (C=O) groups excluding carboxylic acids is 2. The zero-order chi connectivity index (χ0) is 19.4. The minimum Gasteiger partial charge on any atom is -0.495 e. The van der Waals surface area contributed by atoms with Gasteiger partial charge in [-0.1, -0.05) is 23.7 Å². The van der Waals surface area contributed by atoms with Crippen molar-refractivity contribution < 1.29 is 14.3 Å². The molecule has 0 bridgehead atoms. The molecule has 1 aromatic heterocycles. The Labute approximate surface area is 165 Å². The molecule has 2 N–H and O–H groups in total. The fourth-order valence-electron chi connectivity index (χ4n) is 2.50. The predicted molar refractivity (Wildman–Crippen MR) is 110 cm³/mol. The maximum Gasteiger partial charge on any atom is 0.265 e. The smallest absolute Gasteiger partial charge is 0.265 e. The maximum absolute atomic E-state index is 12.6. The Morgan fingerprint density at radius 3 is 2.41 bits per heavy atom. The topological polar surface area (TPSA) is 67.4 Å². The molecule has 0 radical (unpaired) electrons. The van der Waals surface area contributed by atoms with Crippen LogP contribution in [0.25, 0.3) is 10.4 Å². The van der Waals surface area contributed by atoms with Crippen molar-refractivity contribution in [3.63, 3.8) is 0 Å². The second-order valence-corrected chi connectivity index (χ2v) is 7.24. The lowest BCUT2D eigenvalue weighted by atomic mass is 10.2. The van der Waals surface area contributed by atoms with Gasteiger partial charge in [-0.15, -0.1) is 11.3 Å². The molecule has 0 aliphatic carbocycles. The second kappa shape index (κ2) is 8.24. The Bertz CT molecular complexity index is 983. The minimum absolute atomic E-state index is 0.191. The number of anilines is 2. The van der Waals surface area contributed by atoms with E-state index in [4.69, 9.17) is 16.3 Å². The molecule has 0 fully saturated rings. The summed E-state index contributed by atoms with van der Waals surface area (Å²) in [7, 11) is 1.52. The molecule has 5 nitrogen and oxygen atoms in total. The molecule has 3 rings (SSSR count). The van der Waals surface area contributed by atoms with Gasteiger partial charge in [0.2, 0.25) is 5.91 Å². The molecule has 0 unspecified atom stereocenters. The summed E-state index contributed by atoms with van der Waals surface area (Å²) < 4.78 is 5.29. The van der Waals surface area contributed by atoms with Gasteiger partial charge in [-0.3, -0.25) is 9.59 Å². The Kier molecular flexibility index (Phi) is 5.78. The SMILES string of the molecule is COc1ccc(NC(C)=O)cc1NC(=O)c1ccc(-c2ccc(Cl)cc2)s1. The lowest BCUT2D eigenvalue weighted by Gasteiger charge is -2.12. The average molecular weight is 401 g/mol. The van der Waals surface area contributed by atoms with Crippen molar-refractivity contribution >= 4 is 46.1 Å². The van der Waals surface area contributed by atoms with Crippen LogP contribution in [0.4, 0.5) is 11.4 Å². The van der Waals surface area contributed by atoms with Crippen LogP contribution in [-0.2, 0) is 4.79 Å². The summed E-state index contributed by atoms with van der Waals surface area (Å²) in [5.41, 5.74) is 2.05. The van der Waals surface area contributed by atoms with Gasteiger partial charge in [-0.2, -0.15) is 0 Å². The lowest BCUT2D eigenvalue weighted by Crippen LogP contribution is -2.12. The molecule has 0 saturated carbocycles. The van der Waals surface area contributed by atoms with Gasteiger partial charge in [0, 0.05) is 22.5 Å². The molecule has 7 heteroatoms. The number of amides is 2. The number of benzene rings is 2. The van der Waals surface area contributed by atoms with E-state index < -0.39 is 0 Å². The number of hydrogen-bond donors (Lipinski definition) is 2. The molecule has 0 aliphatic rings. The van der Waals surface area contributed by atoms with Crippen LogP contribution in [0.5, 0.6) is 5.75 Å². The number of hydrogen-bond acceptors (Lipinski definition) is 4. The standard InChI is InChI=1S/C20H17ClN2O3S/c1-12(24)22-15-7-8-17(26-2)16(11-15)23-20(25)19-10-9-18(27-19)13-3-5-14(21)6-4-13/h3-11H,1-2H3,(H,22,24)(H,23,25). The van der Waals surface area contributed by atoms with Gasteiger partial charge in [-0.25, -0.2) is 0 Å². The van der Waals surface area contributed by atoms with Gasteiger partial charge in [0.1, 0.15) is 5.75 Å². The number of methoxy groups -OCH3 is 1. The number of nitrogens with one attached hydrogen (secondary N) is 2. The summed E-state index contributed by atoms with van der Waals surface area (Å²) in [5.74, 6) is 0.0636. The summed E-state index contributed by atoms with van der Waals surface area (Å²) in [6.45, 7) is 1.42. The molecule has 27 heavy (non-hydrogen) atoms. The third-order valence-electron chi connectivity index (χ3n) is 3.73. The average Bonchev–Trinajstić information content (AvgIpc) is 3.12. The molecule has 0 saturated heterocycles. The van der Waals surface area contributed by atoms with Crippen molar-refractivity contribution in [3.05, 3.63) is 64.5 Å². The fourth-order valence-corrected chi connectivity index (χ4v) is 3.53. The first kappa shape index (κ1) is 18.9. The first-order valence-corrected chi connectivity index (χ1v) is 9.28. The van der Waals surface area contributed by atoms with Gasteiger partial charge < -0.3 is 15.4 Å². The van der Waals surface area contributed by atoms with Gasteiger partial charge in [0.05, 0.1) is 17.7 Å². The molecule has 0 atom stereocenters. The highest BCUT2D eigenvalue weighted by Crippen LogP contribution is 2.32. The zero-order valence-corrected chi connectivity index (χ0v) is 16.3. The van der Waals surface area contributed by atoms with Crippen molar-refractivity contribution in [1.29, 1.82) is 0 Å². The zero-order valence-electron chi connectivity index (χ0n) is 14.7. The van der Waals surface area contributed by atoms with Crippen molar-refractivity contribution in [2.24, 2.45) is 0 Å². The van der Waals surface area contributed by atoms with Crippen LogP contribution >= 0.6 is 22.9 Å². The van der Waals surface area contributed by atoms with Gasteiger partial charge in [-0.05, 0) is 48.0 Å². The second-order valence-electron chi connectivity index (χ2n) is 5.72. The molecule has 138 valence electrons. The molecule has 2 amide bonds. The Morgan fingerprint density at radius 1 is 1.00 bits per heavy atom. The lowest BCUT2D eigenvalue weighted by molar-refractivity contribution is -0.114. The maximum atomic E-state index is 12.6. The third-order valence-corrected chi connectivity index (χ3v) is 5.11. The Hall–Kier alpha value is -2.83. The summed E-state index contributed by atoms with van der Waals surface area (Å²) in [5, 5.41) is 6.19. The van der Waals surface area contributed by atoms with Crippen LogP contribution in [0.1, 0.15) is 16.6 Å². The summed E-state index contributed by atoms with van der Waals surface area (Å²) >= 11 is 7.30. The van der Waals surface area contributed by atoms with E-state index in [0.717, 1.165) is 10.4 Å². The van der Waals surface area contributed by atoms with E-state index in [1.54, 1.807) is 24.3 Å². The molecule has 0 spiro atoms. The molecular formula is C20H17ClN2O3S. The largest absolute Gasteiger partial charge is 0.495 e. The summed E-state index contributed by atoms with van der Waals surface area (Å²) in [6, 6.07) is 16.2. The highest BCUT2D eigenvalue weighted by atomic mass is 35.5. The number of thiophene rings is 1. The van der Waals surface area contributed by atoms with E-state index in [9.17, 15) is 9.59 Å². The van der Waals surface area contributed by atoms with Crippen molar-refractivity contribution in [2.75, 3.05) is 17.7 Å².